The van der Waals surface area contributed by atoms with Gasteiger partial charge in [0.15, 0.2) is 6.10 Å². The number of carbonyl (C=O) groups is 3. The summed E-state index contributed by atoms with van der Waals surface area (Å²) in [5, 5.41) is 0. The van der Waals surface area contributed by atoms with E-state index in [1.807, 2.05) is 0 Å². The van der Waals surface area contributed by atoms with Gasteiger partial charge in [-0.1, -0.05) is 275 Å². The Bertz CT molecular complexity index is 1170. The second-order valence-corrected chi connectivity index (χ2v) is 19.5. The normalized spacial score (nSPS) is 12.3. The van der Waals surface area contributed by atoms with E-state index >= 15 is 0 Å². The minimum Gasteiger partial charge on any atom is -0.462 e. The summed E-state index contributed by atoms with van der Waals surface area (Å²) in [6.45, 7) is 6.52. The number of carbonyl (C=O) groups excluding carboxylic acids is 3. The first-order valence-corrected chi connectivity index (χ1v) is 29.1. The van der Waals surface area contributed by atoms with E-state index in [0.717, 1.165) is 83.5 Å². The molecule has 0 aliphatic heterocycles. The number of esters is 3. The molecule has 0 radical (unpaired) electrons. The Balaban J connectivity index is 4.13. The molecule has 1 atom stereocenters. The summed E-state index contributed by atoms with van der Waals surface area (Å²) in [6.07, 6.45) is 68.4. The van der Waals surface area contributed by atoms with Crippen LogP contribution in [0, 0.1) is 0 Å². The molecule has 6 nitrogen and oxygen atoms in total. The molecule has 0 saturated heterocycles. The third kappa shape index (κ3) is 54.2. The lowest BCUT2D eigenvalue weighted by atomic mass is 10.0. The van der Waals surface area contributed by atoms with Crippen molar-refractivity contribution in [3.63, 3.8) is 0 Å². The Labute approximate surface area is 416 Å². The molecule has 0 aromatic heterocycles. The van der Waals surface area contributed by atoms with Gasteiger partial charge in [0, 0.05) is 19.3 Å². The van der Waals surface area contributed by atoms with E-state index in [2.05, 4.69) is 69.4 Å². The molecule has 6 heteroatoms. The van der Waals surface area contributed by atoms with Crippen LogP contribution in [0.4, 0.5) is 0 Å². The molecule has 390 valence electrons. The van der Waals surface area contributed by atoms with Crippen LogP contribution in [0.3, 0.4) is 0 Å². The lowest BCUT2D eigenvalue weighted by Gasteiger charge is -2.18. The van der Waals surface area contributed by atoms with Crippen LogP contribution in [-0.4, -0.2) is 37.2 Å². The van der Waals surface area contributed by atoms with Crippen molar-refractivity contribution in [3.05, 3.63) is 48.6 Å². The van der Waals surface area contributed by atoms with Gasteiger partial charge < -0.3 is 14.2 Å². The molecule has 0 aromatic rings. The van der Waals surface area contributed by atoms with Crippen LogP contribution in [0.25, 0.3) is 0 Å². The smallest absolute Gasteiger partial charge is 0.306 e. The fourth-order valence-corrected chi connectivity index (χ4v) is 8.49. The lowest BCUT2D eigenvalue weighted by molar-refractivity contribution is -0.167. The lowest BCUT2D eigenvalue weighted by Crippen LogP contribution is -2.30. The summed E-state index contributed by atoms with van der Waals surface area (Å²) in [5.41, 5.74) is 0. The highest BCUT2D eigenvalue weighted by atomic mass is 16.6. The van der Waals surface area contributed by atoms with Gasteiger partial charge >= 0.3 is 17.9 Å². The minimum atomic E-state index is -0.767. The van der Waals surface area contributed by atoms with E-state index in [1.165, 1.54) is 180 Å². The average molecular weight is 940 g/mol. The minimum absolute atomic E-state index is 0.0694. The summed E-state index contributed by atoms with van der Waals surface area (Å²) < 4.78 is 16.8. The van der Waals surface area contributed by atoms with Crippen LogP contribution in [0.15, 0.2) is 48.6 Å². The molecule has 67 heavy (non-hydrogen) atoms. The molecule has 0 amide bonds. The van der Waals surface area contributed by atoms with Gasteiger partial charge in [-0.3, -0.25) is 14.4 Å². The van der Waals surface area contributed by atoms with E-state index in [-0.39, 0.29) is 31.1 Å². The zero-order valence-corrected chi connectivity index (χ0v) is 44.7. The zero-order valence-electron chi connectivity index (χ0n) is 44.7. The molecule has 0 heterocycles. The second-order valence-electron chi connectivity index (χ2n) is 19.5. The molecule has 0 aliphatic rings. The van der Waals surface area contributed by atoms with Crippen molar-refractivity contribution in [3.8, 4) is 0 Å². The zero-order chi connectivity index (χ0) is 48.6. The number of unbranched alkanes of at least 4 members (excludes halogenated alkanes) is 34. The highest BCUT2D eigenvalue weighted by molar-refractivity contribution is 5.71. The predicted octanol–water partition coefficient (Wildman–Crippen LogP) is 19.4. The quantitative estimate of drug-likeness (QED) is 0.0262. The third-order valence-electron chi connectivity index (χ3n) is 12.8. The molecule has 0 N–H and O–H groups in total. The molecule has 0 spiro atoms. The van der Waals surface area contributed by atoms with Gasteiger partial charge in [-0.05, 0) is 57.8 Å². The summed E-state index contributed by atoms with van der Waals surface area (Å²) in [6, 6.07) is 0. The first kappa shape index (κ1) is 64.4. The third-order valence-corrected chi connectivity index (χ3v) is 12.8. The highest BCUT2D eigenvalue weighted by Crippen LogP contribution is 2.17. The van der Waals surface area contributed by atoms with Crippen molar-refractivity contribution < 1.29 is 28.6 Å². The molecule has 1 unspecified atom stereocenters. The van der Waals surface area contributed by atoms with Gasteiger partial charge in [-0.15, -0.1) is 0 Å². The predicted molar refractivity (Wildman–Crippen MR) is 289 cm³/mol. The maximum atomic E-state index is 12.8. The van der Waals surface area contributed by atoms with Crippen LogP contribution in [-0.2, 0) is 28.6 Å². The van der Waals surface area contributed by atoms with Crippen molar-refractivity contribution in [2.75, 3.05) is 13.2 Å². The fourth-order valence-electron chi connectivity index (χ4n) is 8.49. The topological polar surface area (TPSA) is 78.9 Å². The highest BCUT2D eigenvalue weighted by Gasteiger charge is 2.19. The van der Waals surface area contributed by atoms with Gasteiger partial charge in [0.25, 0.3) is 0 Å². The fraction of sp³-hybridized carbons (Fsp3) is 0.820. The Morgan fingerprint density at radius 2 is 0.582 bits per heavy atom. The van der Waals surface area contributed by atoms with E-state index in [1.54, 1.807) is 0 Å². The van der Waals surface area contributed by atoms with Crippen molar-refractivity contribution >= 4 is 17.9 Å². The molecule has 0 bridgehead atoms. The summed E-state index contributed by atoms with van der Waals surface area (Å²) in [4.78, 5) is 38.0. The Morgan fingerprint density at radius 3 is 0.910 bits per heavy atom. The van der Waals surface area contributed by atoms with E-state index in [0.29, 0.717) is 19.3 Å². The molecule has 0 aliphatic carbocycles. The molecule has 0 aromatic carbocycles. The summed E-state index contributed by atoms with van der Waals surface area (Å²) in [5.74, 6) is -0.862. The largest absolute Gasteiger partial charge is 0.462 e. The number of ether oxygens (including phenoxy) is 3. The van der Waals surface area contributed by atoms with E-state index in [9.17, 15) is 14.4 Å². The van der Waals surface area contributed by atoms with Gasteiger partial charge in [-0.2, -0.15) is 0 Å². The number of rotatable bonds is 53. The maximum absolute atomic E-state index is 12.8. The van der Waals surface area contributed by atoms with E-state index in [4.69, 9.17) is 14.2 Å². The van der Waals surface area contributed by atoms with Crippen LogP contribution in [0.1, 0.15) is 303 Å². The summed E-state index contributed by atoms with van der Waals surface area (Å²) >= 11 is 0. The second kappa shape index (κ2) is 56.0. The molecular weight excluding hydrogens is 829 g/mol. The Kier molecular flexibility index (Phi) is 53.8. The summed E-state index contributed by atoms with van der Waals surface area (Å²) in [7, 11) is 0. The van der Waals surface area contributed by atoms with Crippen molar-refractivity contribution in [2.24, 2.45) is 0 Å². The standard InChI is InChI=1S/C61H110O6/c1-4-7-10-13-16-18-20-22-24-26-27-28-29-30-31-32-33-35-36-38-40-42-45-48-51-54-60(63)66-57-58(56-65-59(62)53-50-47-44-15-12-9-6-3)67-61(64)55-52-49-46-43-41-39-37-34-25-23-21-19-17-14-11-8-5-2/h7,10,16,18,22,24,27-28,58H,4-6,8-9,11-15,17,19-21,23,25-26,29-57H2,1-3H3/b10-7-,18-16-,24-22-,28-27-. The Morgan fingerprint density at radius 1 is 0.313 bits per heavy atom. The van der Waals surface area contributed by atoms with Crippen molar-refractivity contribution in [1.29, 1.82) is 0 Å². The van der Waals surface area contributed by atoms with Crippen molar-refractivity contribution in [2.45, 2.75) is 309 Å². The van der Waals surface area contributed by atoms with Gasteiger partial charge in [0.05, 0.1) is 0 Å². The Hall–Kier alpha value is -2.63. The van der Waals surface area contributed by atoms with Crippen LogP contribution in [0.5, 0.6) is 0 Å². The van der Waals surface area contributed by atoms with Gasteiger partial charge in [0.2, 0.25) is 0 Å². The monoisotopic (exact) mass is 939 g/mol. The first-order chi connectivity index (χ1) is 33.0. The van der Waals surface area contributed by atoms with Crippen LogP contribution >= 0.6 is 0 Å². The molecule has 0 saturated carbocycles. The number of hydrogen-bond donors (Lipinski definition) is 0. The van der Waals surface area contributed by atoms with E-state index < -0.39 is 6.10 Å². The SMILES string of the molecule is CC/C=C\C/C=C\C/C=C\C/C=C\CCCCCCCCCCCCCCC(=O)OCC(COC(=O)CCCCCCCCC)OC(=O)CCCCCCCCCCCCCCCCCCC. The van der Waals surface area contributed by atoms with Crippen molar-refractivity contribution in [1.82, 2.24) is 0 Å². The molecular formula is C61H110O6. The number of allylic oxidation sites excluding steroid dienone is 8. The van der Waals surface area contributed by atoms with Gasteiger partial charge in [-0.25, -0.2) is 0 Å². The first-order valence-electron chi connectivity index (χ1n) is 29.1. The maximum Gasteiger partial charge on any atom is 0.306 e. The van der Waals surface area contributed by atoms with Crippen LogP contribution in [0.2, 0.25) is 0 Å². The number of hydrogen-bond acceptors (Lipinski definition) is 6. The molecule has 0 rings (SSSR count). The van der Waals surface area contributed by atoms with Gasteiger partial charge in [0.1, 0.15) is 13.2 Å². The molecule has 0 fully saturated rings. The average Bonchev–Trinajstić information content (AvgIpc) is 3.33. The van der Waals surface area contributed by atoms with Crippen LogP contribution < -0.4 is 0 Å².